The van der Waals surface area contributed by atoms with Crippen LogP contribution in [0.5, 0.6) is 5.75 Å². The quantitative estimate of drug-likeness (QED) is 0.346. The van der Waals surface area contributed by atoms with Gasteiger partial charge in [0, 0.05) is 20.3 Å². The third-order valence-corrected chi connectivity index (χ3v) is 6.05. The van der Waals surface area contributed by atoms with E-state index in [0.717, 1.165) is 4.31 Å². The largest absolute Gasteiger partial charge is 0.432 e. The molecular formula is C11H16FN2O3PS. The Kier molecular flexibility index (Phi) is 5.85. The molecule has 1 rings (SSSR count). The number of hydrogen-bond acceptors (Lipinski definition) is 4. The van der Waals surface area contributed by atoms with Gasteiger partial charge in [0.05, 0.1) is 12.1 Å². The van der Waals surface area contributed by atoms with E-state index in [1.165, 1.54) is 18.2 Å². The summed E-state index contributed by atoms with van der Waals surface area (Å²) in [6.45, 7) is 1.71. The van der Waals surface area contributed by atoms with E-state index < -0.39 is 13.7 Å². The number of rotatable bonds is 6. The Morgan fingerprint density at radius 1 is 1.37 bits per heavy atom. The van der Waals surface area contributed by atoms with Crippen LogP contribution in [0.1, 0.15) is 6.92 Å². The lowest BCUT2D eigenvalue weighted by Gasteiger charge is -2.27. The van der Waals surface area contributed by atoms with Gasteiger partial charge in [-0.1, -0.05) is 25.1 Å². The van der Waals surface area contributed by atoms with Crippen molar-refractivity contribution in [2.45, 2.75) is 6.92 Å². The summed E-state index contributed by atoms with van der Waals surface area (Å²) in [7, 11) is -0.418. The molecule has 8 heteroatoms. The molecule has 1 aromatic carbocycles. The number of para-hydroxylation sites is 1. The molecule has 0 saturated carbocycles. The number of halogens is 1. The number of nitrogens with zero attached hydrogens (tertiary/aromatic N) is 2. The van der Waals surface area contributed by atoms with Gasteiger partial charge in [-0.25, -0.2) is 9.10 Å². The summed E-state index contributed by atoms with van der Waals surface area (Å²) in [6.07, 6.45) is -1.38. The Balaban J connectivity index is 2.79. The minimum absolute atomic E-state index is 0.236. The molecule has 0 bridgehead atoms. The van der Waals surface area contributed by atoms with Crippen molar-refractivity contribution in [2.24, 2.45) is 0 Å². The molecule has 0 saturated heterocycles. The first-order valence-corrected chi connectivity index (χ1v) is 8.07. The molecule has 0 N–H and O–H groups in total. The molecule has 0 aliphatic rings. The summed E-state index contributed by atoms with van der Waals surface area (Å²) in [5.74, 6) is 0.467. The topological polar surface area (TPSA) is 49.9 Å². The number of carbonyl (C=O) groups is 1. The maximum absolute atomic E-state index is 12.6. The van der Waals surface area contributed by atoms with E-state index in [1.807, 2.05) is 6.07 Å². The number of benzene rings is 1. The lowest BCUT2D eigenvalue weighted by Crippen LogP contribution is -2.22. The smallest absolute Gasteiger partial charge is 0.410 e. The summed E-state index contributed by atoms with van der Waals surface area (Å²) in [4.78, 5) is 10.5. The highest BCUT2D eigenvalue weighted by atomic mass is 32.2. The van der Waals surface area contributed by atoms with Gasteiger partial charge < -0.3 is 4.52 Å². The average molecular weight is 306 g/mol. The van der Waals surface area contributed by atoms with Crippen LogP contribution in [-0.4, -0.2) is 34.8 Å². The van der Waals surface area contributed by atoms with Crippen molar-refractivity contribution in [3.8, 4) is 5.75 Å². The highest BCUT2D eigenvalue weighted by molar-refractivity contribution is 8.00. The molecule has 106 valence electrons. The first-order chi connectivity index (χ1) is 8.89. The van der Waals surface area contributed by atoms with Crippen molar-refractivity contribution < 1.29 is 18.3 Å². The maximum atomic E-state index is 12.6. The van der Waals surface area contributed by atoms with E-state index >= 15 is 0 Å². The van der Waals surface area contributed by atoms with Gasteiger partial charge in [-0.3, -0.25) is 4.57 Å². The Labute approximate surface area is 116 Å². The van der Waals surface area contributed by atoms with Gasteiger partial charge >= 0.3 is 13.7 Å². The van der Waals surface area contributed by atoms with Crippen LogP contribution in [0.3, 0.4) is 0 Å². The zero-order valence-corrected chi connectivity index (χ0v) is 12.7. The molecule has 1 amide bonds. The molecule has 0 aliphatic heterocycles. The van der Waals surface area contributed by atoms with Crippen LogP contribution in [0.15, 0.2) is 30.3 Å². The first kappa shape index (κ1) is 16.0. The van der Waals surface area contributed by atoms with E-state index in [9.17, 15) is 13.8 Å². The van der Waals surface area contributed by atoms with Crippen molar-refractivity contribution in [3.05, 3.63) is 30.3 Å². The van der Waals surface area contributed by atoms with E-state index in [4.69, 9.17) is 4.52 Å². The normalized spacial score (nSPS) is 13.9. The molecule has 0 aliphatic carbocycles. The summed E-state index contributed by atoms with van der Waals surface area (Å²) >= 11 is 0.712. The second-order valence-electron chi connectivity index (χ2n) is 3.65. The van der Waals surface area contributed by atoms with E-state index in [0.29, 0.717) is 17.9 Å². The van der Waals surface area contributed by atoms with Gasteiger partial charge in [-0.2, -0.15) is 4.08 Å². The Morgan fingerprint density at radius 3 is 2.42 bits per heavy atom. The standard InChI is InChI=1S/C11H16FN2O3PS/c1-4-18(16,14(3)19-13(2)11(12)15)17-10-8-6-5-7-9-10/h5-9H,4H2,1-3H3. The Morgan fingerprint density at radius 2 is 1.95 bits per heavy atom. The van der Waals surface area contributed by atoms with Crippen molar-refractivity contribution in [2.75, 3.05) is 20.3 Å². The Hall–Kier alpha value is -1.04. The second kappa shape index (κ2) is 6.93. The maximum Gasteiger partial charge on any atom is 0.410 e. The van der Waals surface area contributed by atoms with Crippen LogP contribution < -0.4 is 4.52 Å². The van der Waals surface area contributed by atoms with Crippen LogP contribution in [0.2, 0.25) is 0 Å². The molecule has 0 radical (unpaired) electrons. The fourth-order valence-corrected chi connectivity index (χ4v) is 3.96. The molecule has 0 aromatic heterocycles. The highest BCUT2D eigenvalue weighted by Crippen LogP contribution is 2.53. The van der Waals surface area contributed by atoms with Gasteiger partial charge in [0.2, 0.25) is 0 Å². The van der Waals surface area contributed by atoms with Crippen LogP contribution in [-0.2, 0) is 4.57 Å². The molecule has 0 heterocycles. The van der Waals surface area contributed by atoms with E-state index in [-0.39, 0.29) is 6.16 Å². The second-order valence-corrected chi connectivity index (χ2v) is 7.87. The van der Waals surface area contributed by atoms with Crippen LogP contribution in [0, 0.1) is 0 Å². The van der Waals surface area contributed by atoms with E-state index in [1.54, 1.807) is 31.2 Å². The van der Waals surface area contributed by atoms with Gasteiger partial charge in [0.25, 0.3) is 0 Å². The minimum Gasteiger partial charge on any atom is -0.432 e. The van der Waals surface area contributed by atoms with Gasteiger partial charge in [0.15, 0.2) is 0 Å². The molecule has 1 unspecified atom stereocenters. The lowest BCUT2D eigenvalue weighted by atomic mass is 10.3. The summed E-state index contributed by atoms with van der Waals surface area (Å²) < 4.78 is 32.6. The third kappa shape index (κ3) is 4.53. The van der Waals surface area contributed by atoms with Gasteiger partial charge in [-0.05, 0) is 12.1 Å². The highest BCUT2D eigenvalue weighted by Gasteiger charge is 2.31. The van der Waals surface area contributed by atoms with Crippen molar-refractivity contribution in [1.82, 2.24) is 8.38 Å². The van der Waals surface area contributed by atoms with E-state index in [2.05, 4.69) is 0 Å². The minimum atomic E-state index is -3.17. The fourth-order valence-electron chi connectivity index (χ4n) is 1.23. The average Bonchev–Trinajstić information content (AvgIpc) is 2.39. The van der Waals surface area contributed by atoms with Crippen molar-refractivity contribution in [3.63, 3.8) is 0 Å². The molecule has 0 fully saturated rings. The van der Waals surface area contributed by atoms with Crippen molar-refractivity contribution in [1.29, 1.82) is 0 Å². The molecular weight excluding hydrogens is 290 g/mol. The molecule has 19 heavy (non-hydrogen) atoms. The summed E-state index contributed by atoms with van der Waals surface area (Å²) in [5.41, 5.74) is 0. The summed E-state index contributed by atoms with van der Waals surface area (Å²) in [5, 5.41) is 0. The number of amides is 1. The molecule has 1 atom stereocenters. The van der Waals surface area contributed by atoms with Crippen molar-refractivity contribution >= 4 is 25.8 Å². The van der Waals surface area contributed by atoms with Gasteiger partial charge in [0.1, 0.15) is 5.75 Å². The predicted molar refractivity (Wildman–Crippen MR) is 74.8 cm³/mol. The number of carbonyl (C=O) groups excluding carboxylic acids is 1. The van der Waals surface area contributed by atoms with Crippen LogP contribution >= 0.6 is 19.7 Å². The fraction of sp³-hybridized carbons (Fsp3) is 0.364. The number of hydrogen-bond donors (Lipinski definition) is 0. The zero-order valence-electron chi connectivity index (χ0n) is 10.9. The molecule has 1 aromatic rings. The predicted octanol–water partition coefficient (Wildman–Crippen LogP) is 3.79. The lowest BCUT2D eigenvalue weighted by molar-refractivity contribution is 0.209. The van der Waals surface area contributed by atoms with Gasteiger partial charge in [-0.15, -0.1) is 4.39 Å². The molecule has 0 spiro atoms. The monoisotopic (exact) mass is 306 g/mol. The SMILES string of the molecule is CCP(=O)(Oc1ccccc1)N(C)SN(C)C(=O)F. The van der Waals surface area contributed by atoms with Crippen LogP contribution in [0.4, 0.5) is 9.18 Å². The Bertz CT molecular complexity index is 474. The zero-order chi connectivity index (χ0) is 14.5. The third-order valence-electron chi connectivity index (χ3n) is 2.31. The molecule has 5 nitrogen and oxygen atoms in total. The first-order valence-electron chi connectivity index (χ1n) is 5.58. The summed E-state index contributed by atoms with van der Waals surface area (Å²) in [6, 6.07) is 8.72. The van der Waals surface area contributed by atoms with Crippen LogP contribution in [0.25, 0.3) is 0 Å².